The van der Waals surface area contributed by atoms with Gasteiger partial charge in [0.15, 0.2) is 18.1 Å². The predicted octanol–water partition coefficient (Wildman–Crippen LogP) is 3.07. The number of para-hydroxylation sites is 1. The summed E-state index contributed by atoms with van der Waals surface area (Å²) in [7, 11) is 1.40. The second-order valence-corrected chi connectivity index (χ2v) is 6.14. The summed E-state index contributed by atoms with van der Waals surface area (Å²) in [4.78, 5) is 23.3. The molecule has 2 aromatic rings. The molecule has 0 bridgehead atoms. The number of anilines is 1. The molecule has 0 fully saturated rings. The lowest BCUT2D eigenvalue weighted by Gasteiger charge is -2.12. The van der Waals surface area contributed by atoms with E-state index in [1.165, 1.54) is 25.3 Å². The van der Waals surface area contributed by atoms with Crippen LogP contribution in [-0.4, -0.2) is 25.5 Å². The molecule has 0 saturated carbocycles. The van der Waals surface area contributed by atoms with E-state index in [9.17, 15) is 14.9 Å². The standard InChI is InChI=1S/C20H18ClN3O4/c1-12-5-3-4-6-16(12)24-20(26)14(10-22)7-13-8-15(21)19(17(9-13)27-2)28-11-18(23)25/h3-9H,11H2,1-2H3,(H2,23,25)(H,24,26)/b14-7+. The highest BCUT2D eigenvalue weighted by Gasteiger charge is 2.15. The average Bonchev–Trinajstić information content (AvgIpc) is 2.66. The molecule has 2 rings (SSSR count). The molecule has 144 valence electrons. The van der Waals surface area contributed by atoms with E-state index in [0.717, 1.165) is 5.56 Å². The summed E-state index contributed by atoms with van der Waals surface area (Å²) in [6.07, 6.45) is 1.37. The molecule has 0 aliphatic heterocycles. The van der Waals surface area contributed by atoms with Crippen LogP contribution in [0.3, 0.4) is 0 Å². The normalized spacial score (nSPS) is 10.7. The second-order valence-electron chi connectivity index (χ2n) is 5.73. The number of halogens is 1. The van der Waals surface area contributed by atoms with Gasteiger partial charge in [-0.15, -0.1) is 0 Å². The summed E-state index contributed by atoms with van der Waals surface area (Å²) in [6, 6.07) is 12.1. The van der Waals surface area contributed by atoms with Crippen LogP contribution in [0.4, 0.5) is 5.69 Å². The Morgan fingerprint density at radius 3 is 2.64 bits per heavy atom. The maximum atomic E-state index is 12.4. The summed E-state index contributed by atoms with van der Waals surface area (Å²) >= 11 is 6.18. The lowest BCUT2D eigenvalue weighted by Crippen LogP contribution is -2.20. The quantitative estimate of drug-likeness (QED) is 0.548. The Morgan fingerprint density at radius 2 is 2.04 bits per heavy atom. The van der Waals surface area contributed by atoms with Crippen molar-refractivity contribution >= 4 is 35.2 Å². The molecule has 28 heavy (non-hydrogen) atoms. The maximum absolute atomic E-state index is 12.4. The van der Waals surface area contributed by atoms with Crippen molar-refractivity contribution in [3.63, 3.8) is 0 Å². The number of hydrogen-bond donors (Lipinski definition) is 2. The van der Waals surface area contributed by atoms with Crippen molar-refractivity contribution in [2.75, 3.05) is 19.0 Å². The number of ether oxygens (including phenoxy) is 2. The molecule has 0 saturated heterocycles. The van der Waals surface area contributed by atoms with Gasteiger partial charge in [0.05, 0.1) is 12.1 Å². The Hall–Kier alpha value is -3.50. The van der Waals surface area contributed by atoms with Crippen molar-refractivity contribution in [3.05, 3.63) is 58.1 Å². The number of methoxy groups -OCH3 is 1. The third kappa shape index (κ3) is 5.25. The van der Waals surface area contributed by atoms with Gasteiger partial charge in [0.25, 0.3) is 11.8 Å². The van der Waals surface area contributed by atoms with E-state index >= 15 is 0 Å². The minimum atomic E-state index is -0.665. The van der Waals surface area contributed by atoms with Crippen molar-refractivity contribution in [1.29, 1.82) is 5.26 Å². The van der Waals surface area contributed by atoms with Crippen LogP contribution in [0.15, 0.2) is 42.0 Å². The van der Waals surface area contributed by atoms with E-state index in [0.29, 0.717) is 11.3 Å². The van der Waals surface area contributed by atoms with Gasteiger partial charge in [-0.05, 0) is 42.3 Å². The zero-order chi connectivity index (χ0) is 20.7. The minimum Gasteiger partial charge on any atom is -0.493 e. The van der Waals surface area contributed by atoms with Gasteiger partial charge in [0, 0.05) is 5.69 Å². The first-order valence-corrected chi connectivity index (χ1v) is 8.51. The number of nitriles is 1. The highest BCUT2D eigenvalue weighted by atomic mass is 35.5. The highest BCUT2D eigenvalue weighted by molar-refractivity contribution is 6.32. The average molecular weight is 400 g/mol. The van der Waals surface area contributed by atoms with Gasteiger partial charge in [-0.25, -0.2) is 0 Å². The van der Waals surface area contributed by atoms with Crippen molar-refractivity contribution in [1.82, 2.24) is 0 Å². The van der Waals surface area contributed by atoms with Crippen LogP contribution in [-0.2, 0) is 9.59 Å². The van der Waals surface area contributed by atoms with Crippen LogP contribution in [0.5, 0.6) is 11.5 Å². The third-order valence-electron chi connectivity index (χ3n) is 3.68. The summed E-state index contributed by atoms with van der Waals surface area (Å²) in [5.74, 6) is -0.845. The molecule has 7 nitrogen and oxygen atoms in total. The largest absolute Gasteiger partial charge is 0.493 e. The van der Waals surface area contributed by atoms with Crippen LogP contribution < -0.4 is 20.5 Å². The molecule has 0 aliphatic carbocycles. The van der Waals surface area contributed by atoms with Crippen molar-refractivity contribution < 1.29 is 19.1 Å². The number of aryl methyl sites for hydroxylation is 1. The van der Waals surface area contributed by atoms with Crippen LogP contribution in [0.25, 0.3) is 6.08 Å². The Kier molecular flexibility index (Phi) is 7.02. The number of hydrogen-bond acceptors (Lipinski definition) is 5. The first kappa shape index (κ1) is 20.8. The molecule has 3 N–H and O–H groups in total. The van der Waals surface area contributed by atoms with Crippen LogP contribution in [0, 0.1) is 18.3 Å². The molecule has 0 radical (unpaired) electrons. The summed E-state index contributed by atoms with van der Waals surface area (Å²) in [5.41, 5.74) is 6.88. The lowest BCUT2D eigenvalue weighted by atomic mass is 10.1. The molecule has 0 aliphatic rings. The molecule has 2 aromatic carbocycles. The van der Waals surface area contributed by atoms with Crippen molar-refractivity contribution in [3.8, 4) is 17.6 Å². The number of carbonyl (C=O) groups excluding carboxylic acids is 2. The van der Waals surface area contributed by atoms with Crippen LogP contribution in [0.2, 0.25) is 5.02 Å². The van der Waals surface area contributed by atoms with Crippen molar-refractivity contribution in [2.45, 2.75) is 6.92 Å². The molecule has 0 spiro atoms. The Morgan fingerprint density at radius 1 is 1.32 bits per heavy atom. The number of benzene rings is 2. The number of amides is 2. The summed E-state index contributed by atoms with van der Waals surface area (Å²) in [5, 5.41) is 12.2. The molecular weight excluding hydrogens is 382 g/mol. The molecule has 0 atom stereocenters. The lowest BCUT2D eigenvalue weighted by molar-refractivity contribution is -0.120. The van der Waals surface area contributed by atoms with Gasteiger partial charge >= 0.3 is 0 Å². The number of nitrogens with one attached hydrogen (secondary N) is 1. The fraction of sp³-hybridized carbons (Fsp3) is 0.150. The van der Waals surface area contributed by atoms with E-state index in [1.807, 2.05) is 25.1 Å². The van der Waals surface area contributed by atoms with Gasteiger partial charge < -0.3 is 20.5 Å². The molecule has 8 heteroatoms. The van der Waals surface area contributed by atoms with Crippen molar-refractivity contribution in [2.24, 2.45) is 5.73 Å². The fourth-order valence-electron chi connectivity index (χ4n) is 2.32. The Bertz CT molecular complexity index is 980. The summed E-state index contributed by atoms with van der Waals surface area (Å²) in [6.45, 7) is 1.48. The molecular formula is C20H18ClN3O4. The zero-order valence-corrected chi connectivity index (χ0v) is 16.0. The highest BCUT2D eigenvalue weighted by Crippen LogP contribution is 2.37. The van der Waals surface area contributed by atoms with E-state index < -0.39 is 11.8 Å². The number of carbonyl (C=O) groups is 2. The molecule has 0 aromatic heterocycles. The predicted molar refractivity (Wildman–Crippen MR) is 106 cm³/mol. The molecule has 0 unspecified atom stereocenters. The second kappa shape index (κ2) is 9.44. The minimum absolute atomic E-state index is 0.118. The van der Waals surface area contributed by atoms with Crippen LogP contribution >= 0.6 is 11.6 Å². The number of nitrogens with zero attached hydrogens (tertiary/aromatic N) is 1. The number of primary amides is 1. The SMILES string of the molecule is COc1cc(/C=C(\C#N)C(=O)Nc2ccccc2C)cc(Cl)c1OCC(N)=O. The smallest absolute Gasteiger partial charge is 0.266 e. The van der Waals surface area contributed by atoms with E-state index in [2.05, 4.69) is 5.32 Å². The van der Waals surface area contributed by atoms with Gasteiger partial charge in [-0.3, -0.25) is 9.59 Å². The fourth-order valence-corrected chi connectivity index (χ4v) is 2.60. The van der Waals surface area contributed by atoms with E-state index in [1.54, 1.807) is 12.1 Å². The van der Waals surface area contributed by atoms with E-state index in [4.69, 9.17) is 26.8 Å². The summed E-state index contributed by atoms with van der Waals surface area (Å²) < 4.78 is 10.5. The third-order valence-corrected chi connectivity index (χ3v) is 3.96. The Labute approximate surface area is 167 Å². The monoisotopic (exact) mass is 399 g/mol. The maximum Gasteiger partial charge on any atom is 0.266 e. The Balaban J connectivity index is 2.32. The van der Waals surface area contributed by atoms with Gasteiger partial charge in [-0.1, -0.05) is 29.8 Å². The van der Waals surface area contributed by atoms with E-state index in [-0.39, 0.29) is 28.7 Å². The number of nitrogens with two attached hydrogens (primary N) is 1. The molecule has 0 heterocycles. The number of rotatable bonds is 7. The zero-order valence-electron chi connectivity index (χ0n) is 15.3. The van der Waals surface area contributed by atoms with Crippen LogP contribution in [0.1, 0.15) is 11.1 Å². The van der Waals surface area contributed by atoms with Gasteiger partial charge in [-0.2, -0.15) is 5.26 Å². The topological polar surface area (TPSA) is 114 Å². The van der Waals surface area contributed by atoms with Gasteiger partial charge in [0.2, 0.25) is 0 Å². The molecule has 2 amide bonds. The van der Waals surface area contributed by atoms with Gasteiger partial charge in [0.1, 0.15) is 11.6 Å². The first-order chi connectivity index (χ1) is 13.3. The first-order valence-electron chi connectivity index (χ1n) is 8.13.